The number of nitrogens with zero attached hydrogens (tertiary/aromatic N) is 1. The van der Waals surface area contributed by atoms with Gasteiger partial charge >= 0.3 is 0 Å². The molecular formula is C15H25N3O2S. The first-order valence-electron chi connectivity index (χ1n) is 7.36. The molecule has 1 unspecified atom stereocenters. The topological polar surface area (TPSA) is 75.4 Å². The van der Waals surface area contributed by atoms with Crippen molar-refractivity contribution in [1.29, 1.82) is 0 Å². The van der Waals surface area contributed by atoms with Crippen LogP contribution in [-0.4, -0.2) is 39.5 Å². The molecule has 0 spiro atoms. The second kappa shape index (κ2) is 6.34. The Kier molecular flexibility index (Phi) is 4.91. The minimum Gasteiger partial charge on any atom is -0.382 e. The predicted molar refractivity (Wildman–Crippen MR) is 85.9 cm³/mol. The molecule has 3 N–H and O–H groups in total. The molecule has 1 aliphatic heterocycles. The number of nitrogens with one attached hydrogen (secondary N) is 1. The van der Waals surface area contributed by atoms with Crippen LogP contribution >= 0.6 is 0 Å². The van der Waals surface area contributed by atoms with E-state index in [4.69, 9.17) is 5.14 Å². The van der Waals surface area contributed by atoms with Gasteiger partial charge in [0.2, 0.25) is 10.0 Å². The van der Waals surface area contributed by atoms with E-state index in [9.17, 15) is 8.42 Å². The highest BCUT2D eigenvalue weighted by Gasteiger charge is 2.22. The molecule has 1 saturated heterocycles. The molecule has 0 aromatic heterocycles. The summed E-state index contributed by atoms with van der Waals surface area (Å²) in [6, 6.07) is 5.66. The molecule has 0 bridgehead atoms. The van der Waals surface area contributed by atoms with Gasteiger partial charge in [-0.2, -0.15) is 0 Å². The Morgan fingerprint density at radius 2 is 1.95 bits per heavy atom. The average Bonchev–Trinajstić information content (AvgIpc) is 2.40. The van der Waals surface area contributed by atoms with Crippen molar-refractivity contribution in [1.82, 2.24) is 4.90 Å². The lowest BCUT2D eigenvalue weighted by Gasteiger charge is -2.33. The standard InChI is InChI=1S/C15H25N3O2S/c1-11-4-5-14(10-15(11)21(16,19)20)17-12(2)13-6-8-18(3)9-7-13/h4-5,10,12-13,17H,6-9H2,1-3H3,(H2,16,19,20). The van der Waals surface area contributed by atoms with Gasteiger partial charge in [0.05, 0.1) is 4.90 Å². The molecule has 1 aromatic rings. The second-order valence-electron chi connectivity index (χ2n) is 6.10. The number of nitrogens with two attached hydrogens (primary N) is 1. The Hall–Kier alpha value is -1.11. The molecule has 5 nitrogen and oxygen atoms in total. The van der Waals surface area contributed by atoms with E-state index in [-0.39, 0.29) is 4.90 Å². The fraction of sp³-hybridized carbons (Fsp3) is 0.600. The Morgan fingerprint density at radius 3 is 2.52 bits per heavy atom. The summed E-state index contributed by atoms with van der Waals surface area (Å²) in [6.07, 6.45) is 2.33. The lowest BCUT2D eigenvalue weighted by Crippen LogP contribution is -2.37. The van der Waals surface area contributed by atoms with Gasteiger partial charge in [0.15, 0.2) is 0 Å². The number of primary sulfonamides is 1. The summed E-state index contributed by atoms with van der Waals surface area (Å²) in [7, 11) is -1.53. The quantitative estimate of drug-likeness (QED) is 0.889. The summed E-state index contributed by atoms with van der Waals surface area (Å²) >= 11 is 0. The molecule has 0 radical (unpaired) electrons. The zero-order valence-electron chi connectivity index (χ0n) is 13.0. The van der Waals surface area contributed by atoms with Gasteiger partial charge in [0.1, 0.15) is 0 Å². The van der Waals surface area contributed by atoms with Crippen molar-refractivity contribution in [3.05, 3.63) is 23.8 Å². The molecule has 118 valence electrons. The number of hydrogen-bond acceptors (Lipinski definition) is 4. The molecule has 6 heteroatoms. The van der Waals surface area contributed by atoms with Crippen LogP contribution in [0.15, 0.2) is 23.1 Å². The van der Waals surface area contributed by atoms with E-state index in [0.29, 0.717) is 17.5 Å². The van der Waals surface area contributed by atoms with Crippen LogP contribution in [-0.2, 0) is 10.0 Å². The predicted octanol–water partition coefficient (Wildman–Crippen LogP) is 1.78. The van der Waals surface area contributed by atoms with Gasteiger partial charge in [-0.25, -0.2) is 13.6 Å². The summed E-state index contributed by atoms with van der Waals surface area (Å²) in [4.78, 5) is 2.54. The van der Waals surface area contributed by atoms with Crippen LogP contribution in [0.1, 0.15) is 25.3 Å². The highest BCUT2D eigenvalue weighted by atomic mass is 32.2. The molecule has 0 amide bonds. The number of benzene rings is 1. The Bertz CT molecular complexity index is 593. The van der Waals surface area contributed by atoms with Crippen LogP contribution in [0.25, 0.3) is 0 Å². The zero-order chi connectivity index (χ0) is 15.6. The van der Waals surface area contributed by atoms with Crippen molar-refractivity contribution in [3.63, 3.8) is 0 Å². The maximum absolute atomic E-state index is 11.6. The summed E-state index contributed by atoms with van der Waals surface area (Å²) < 4.78 is 23.1. The number of aryl methyl sites for hydroxylation is 1. The van der Waals surface area contributed by atoms with Crippen LogP contribution in [0.3, 0.4) is 0 Å². The number of anilines is 1. The van der Waals surface area contributed by atoms with Crippen LogP contribution in [0.4, 0.5) is 5.69 Å². The fourth-order valence-corrected chi connectivity index (χ4v) is 3.71. The SMILES string of the molecule is Cc1ccc(NC(C)C2CCN(C)CC2)cc1S(N)(=O)=O. The highest BCUT2D eigenvalue weighted by Crippen LogP contribution is 2.24. The first-order chi connectivity index (χ1) is 9.77. The number of piperidine rings is 1. The third kappa shape index (κ3) is 4.18. The van der Waals surface area contributed by atoms with Gasteiger partial charge in [-0.15, -0.1) is 0 Å². The first kappa shape index (κ1) is 16.3. The molecule has 1 aromatic carbocycles. The number of likely N-dealkylation sites (tertiary alicyclic amines) is 1. The molecule has 1 aliphatic rings. The smallest absolute Gasteiger partial charge is 0.238 e. The number of rotatable bonds is 4. The maximum atomic E-state index is 11.6. The fourth-order valence-electron chi connectivity index (χ4n) is 2.91. The lowest BCUT2D eigenvalue weighted by molar-refractivity contribution is 0.208. The van der Waals surface area contributed by atoms with E-state index in [0.717, 1.165) is 18.8 Å². The van der Waals surface area contributed by atoms with E-state index < -0.39 is 10.0 Å². The molecule has 1 atom stereocenters. The summed E-state index contributed by atoms with van der Waals surface area (Å²) in [5.41, 5.74) is 1.49. The van der Waals surface area contributed by atoms with Gasteiger partial charge < -0.3 is 10.2 Å². The monoisotopic (exact) mass is 311 g/mol. The highest BCUT2D eigenvalue weighted by molar-refractivity contribution is 7.89. The second-order valence-corrected chi connectivity index (χ2v) is 7.63. The Morgan fingerprint density at radius 1 is 1.33 bits per heavy atom. The lowest BCUT2D eigenvalue weighted by atomic mass is 9.90. The Balaban J connectivity index is 2.09. The molecule has 1 heterocycles. The summed E-state index contributed by atoms with van der Waals surface area (Å²) in [6.45, 7) is 6.15. The van der Waals surface area contributed by atoms with Crippen molar-refractivity contribution < 1.29 is 8.42 Å². The van der Waals surface area contributed by atoms with Crippen molar-refractivity contribution >= 4 is 15.7 Å². The third-order valence-corrected chi connectivity index (χ3v) is 5.41. The average molecular weight is 311 g/mol. The van der Waals surface area contributed by atoms with Crippen molar-refractivity contribution in [3.8, 4) is 0 Å². The summed E-state index contributed by atoms with van der Waals surface area (Å²) in [5.74, 6) is 0.612. The van der Waals surface area contributed by atoms with Gasteiger partial charge in [0, 0.05) is 11.7 Å². The van der Waals surface area contributed by atoms with Gasteiger partial charge in [-0.3, -0.25) is 0 Å². The number of hydrogen-bond donors (Lipinski definition) is 2. The maximum Gasteiger partial charge on any atom is 0.238 e. The molecule has 2 rings (SSSR count). The molecular weight excluding hydrogens is 286 g/mol. The van der Waals surface area contributed by atoms with Crippen LogP contribution in [0, 0.1) is 12.8 Å². The molecule has 1 fully saturated rings. The minimum absolute atomic E-state index is 0.197. The van der Waals surface area contributed by atoms with E-state index in [2.05, 4.69) is 24.2 Å². The van der Waals surface area contributed by atoms with Gasteiger partial charge in [-0.05, 0) is 70.4 Å². The van der Waals surface area contributed by atoms with Crippen LogP contribution < -0.4 is 10.5 Å². The van der Waals surface area contributed by atoms with Crippen molar-refractivity contribution in [2.24, 2.45) is 11.1 Å². The van der Waals surface area contributed by atoms with E-state index in [1.807, 2.05) is 6.07 Å². The van der Waals surface area contributed by atoms with Gasteiger partial charge in [-0.1, -0.05) is 6.07 Å². The first-order valence-corrected chi connectivity index (χ1v) is 8.90. The van der Waals surface area contributed by atoms with Crippen LogP contribution in [0.5, 0.6) is 0 Å². The Labute approximate surface area is 127 Å². The molecule has 21 heavy (non-hydrogen) atoms. The molecule has 0 saturated carbocycles. The van der Waals surface area contributed by atoms with E-state index in [1.165, 1.54) is 12.8 Å². The third-order valence-electron chi connectivity index (χ3n) is 4.36. The van der Waals surface area contributed by atoms with Crippen molar-refractivity contribution in [2.75, 3.05) is 25.5 Å². The normalized spacial score (nSPS) is 19.4. The summed E-state index contributed by atoms with van der Waals surface area (Å²) in [5, 5.41) is 8.68. The van der Waals surface area contributed by atoms with E-state index in [1.54, 1.807) is 19.1 Å². The van der Waals surface area contributed by atoms with E-state index >= 15 is 0 Å². The largest absolute Gasteiger partial charge is 0.382 e. The number of sulfonamides is 1. The van der Waals surface area contributed by atoms with Gasteiger partial charge in [0.25, 0.3) is 0 Å². The zero-order valence-corrected chi connectivity index (χ0v) is 13.8. The molecule has 0 aliphatic carbocycles. The minimum atomic E-state index is -3.67. The van der Waals surface area contributed by atoms with Crippen LogP contribution in [0.2, 0.25) is 0 Å². The van der Waals surface area contributed by atoms with Crippen molar-refractivity contribution in [2.45, 2.75) is 37.6 Å².